The fraction of sp³-hybridized carbons (Fsp3) is 0.381. The third-order valence-corrected chi connectivity index (χ3v) is 5.20. The molecule has 0 aliphatic carbocycles. The maximum Gasteiger partial charge on any atom is 0.316 e. The lowest BCUT2D eigenvalue weighted by atomic mass is 10.1. The Morgan fingerprint density at radius 3 is 2.45 bits per heavy atom. The molecular weight excluding hydrogens is 372 g/mol. The van der Waals surface area contributed by atoms with Crippen LogP contribution in [0.1, 0.15) is 46.4 Å². The summed E-state index contributed by atoms with van der Waals surface area (Å²) in [6.45, 7) is 1.41. The molecule has 1 fully saturated rings. The molecule has 150 valence electrons. The minimum absolute atomic E-state index is 0.00360. The van der Waals surface area contributed by atoms with Gasteiger partial charge in [0.2, 0.25) is 5.91 Å². The van der Waals surface area contributed by atoms with E-state index in [1.807, 2.05) is 0 Å². The van der Waals surface area contributed by atoms with E-state index < -0.39 is 0 Å². The van der Waals surface area contributed by atoms with Crippen molar-refractivity contribution in [2.75, 3.05) is 19.6 Å². The molecule has 4 rings (SSSR count). The number of hydrogen-bond acceptors (Lipinski definition) is 6. The molecule has 2 aliphatic heterocycles. The van der Waals surface area contributed by atoms with Gasteiger partial charge in [0, 0.05) is 31.9 Å². The number of aromatic nitrogens is 2. The Kier molecular flexibility index (Phi) is 5.50. The average molecular weight is 394 g/mol. The summed E-state index contributed by atoms with van der Waals surface area (Å²) >= 11 is 0. The number of nitrogens with zero attached hydrogens (tertiary/aromatic N) is 4. The molecule has 8 nitrogen and oxygen atoms in total. The Morgan fingerprint density at radius 1 is 1.07 bits per heavy atom. The Bertz CT molecular complexity index is 883. The van der Waals surface area contributed by atoms with Crippen LogP contribution in [0.15, 0.2) is 42.7 Å². The summed E-state index contributed by atoms with van der Waals surface area (Å²) in [4.78, 5) is 48.5. The second kappa shape index (κ2) is 8.38. The van der Waals surface area contributed by atoms with E-state index in [4.69, 9.17) is 4.74 Å². The van der Waals surface area contributed by atoms with Crippen LogP contribution < -0.4 is 4.74 Å². The van der Waals surface area contributed by atoms with Crippen molar-refractivity contribution in [1.29, 1.82) is 0 Å². The summed E-state index contributed by atoms with van der Waals surface area (Å²) in [5.74, 6) is -0.566. The van der Waals surface area contributed by atoms with Crippen LogP contribution in [0.3, 0.4) is 0 Å². The van der Waals surface area contributed by atoms with E-state index in [-0.39, 0.29) is 36.8 Å². The molecule has 1 saturated heterocycles. The first-order valence-corrected chi connectivity index (χ1v) is 9.80. The molecule has 8 heteroatoms. The van der Waals surface area contributed by atoms with Crippen LogP contribution in [0, 0.1) is 0 Å². The van der Waals surface area contributed by atoms with Crippen molar-refractivity contribution in [2.45, 2.75) is 31.8 Å². The van der Waals surface area contributed by atoms with Crippen LogP contribution in [0.4, 0.5) is 0 Å². The van der Waals surface area contributed by atoms with Gasteiger partial charge in [-0.2, -0.15) is 0 Å². The molecule has 0 radical (unpaired) electrons. The summed E-state index contributed by atoms with van der Waals surface area (Å²) in [6, 6.07) is 8.84. The third kappa shape index (κ3) is 4.11. The number of ether oxygens (including phenoxy) is 1. The standard InChI is InChI=1S/C21H22N4O4/c26-18(24-12-3-6-15(14-24)29-21-22-10-5-11-23-21)9-4-13-25-19(27)16-7-1-2-8-17(16)20(25)28/h1-2,5,7-8,10-11,15H,3-4,6,9,12-14H2. The van der Waals surface area contributed by atoms with Gasteiger partial charge < -0.3 is 9.64 Å². The first-order valence-electron chi connectivity index (χ1n) is 9.80. The number of piperidine rings is 1. The molecule has 1 aromatic heterocycles. The fourth-order valence-electron chi connectivity index (χ4n) is 3.74. The maximum absolute atomic E-state index is 12.6. The largest absolute Gasteiger partial charge is 0.458 e. The molecule has 0 N–H and O–H groups in total. The predicted molar refractivity (Wildman–Crippen MR) is 103 cm³/mol. The normalized spacial score (nSPS) is 18.7. The molecule has 2 aromatic rings. The highest BCUT2D eigenvalue weighted by Gasteiger charge is 2.34. The molecular formula is C21H22N4O4. The lowest BCUT2D eigenvalue weighted by Gasteiger charge is -2.32. The summed E-state index contributed by atoms with van der Waals surface area (Å²) in [5.41, 5.74) is 0.867. The zero-order valence-corrected chi connectivity index (χ0v) is 16.0. The Hall–Kier alpha value is -3.29. The summed E-state index contributed by atoms with van der Waals surface area (Å²) < 4.78 is 5.77. The summed E-state index contributed by atoms with van der Waals surface area (Å²) in [7, 11) is 0. The molecule has 1 aromatic carbocycles. The van der Waals surface area contributed by atoms with Crippen LogP contribution in [0.2, 0.25) is 0 Å². The van der Waals surface area contributed by atoms with Crippen molar-refractivity contribution < 1.29 is 19.1 Å². The van der Waals surface area contributed by atoms with E-state index >= 15 is 0 Å². The molecule has 3 heterocycles. The topological polar surface area (TPSA) is 92.7 Å². The van der Waals surface area contributed by atoms with Crippen molar-refractivity contribution in [3.8, 4) is 6.01 Å². The van der Waals surface area contributed by atoms with Gasteiger partial charge in [0.15, 0.2) is 0 Å². The van der Waals surface area contributed by atoms with Gasteiger partial charge in [0.25, 0.3) is 11.8 Å². The number of rotatable bonds is 6. The lowest BCUT2D eigenvalue weighted by molar-refractivity contribution is -0.134. The second-order valence-electron chi connectivity index (χ2n) is 7.16. The van der Waals surface area contributed by atoms with Crippen molar-refractivity contribution >= 4 is 17.7 Å². The lowest BCUT2D eigenvalue weighted by Crippen LogP contribution is -2.44. The highest BCUT2D eigenvalue weighted by atomic mass is 16.5. The monoisotopic (exact) mass is 394 g/mol. The van der Waals surface area contributed by atoms with Gasteiger partial charge >= 0.3 is 6.01 Å². The number of likely N-dealkylation sites (tertiary alicyclic amines) is 1. The highest BCUT2D eigenvalue weighted by molar-refractivity contribution is 6.21. The van der Waals surface area contributed by atoms with Gasteiger partial charge in [0.1, 0.15) is 6.10 Å². The van der Waals surface area contributed by atoms with Crippen LogP contribution in [-0.2, 0) is 4.79 Å². The first kappa shape index (κ1) is 19.0. The third-order valence-electron chi connectivity index (χ3n) is 5.20. The zero-order valence-electron chi connectivity index (χ0n) is 16.0. The molecule has 1 atom stereocenters. The maximum atomic E-state index is 12.6. The molecule has 3 amide bonds. The number of carbonyl (C=O) groups excluding carboxylic acids is 3. The van der Waals surface area contributed by atoms with Gasteiger partial charge in [-0.15, -0.1) is 0 Å². The van der Waals surface area contributed by atoms with Crippen LogP contribution in [0.5, 0.6) is 6.01 Å². The quantitative estimate of drug-likeness (QED) is 0.695. The van der Waals surface area contributed by atoms with E-state index in [1.165, 1.54) is 4.90 Å². The van der Waals surface area contributed by atoms with Crippen molar-refractivity contribution in [1.82, 2.24) is 19.8 Å². The minimum atomic E-state index is -0.285. The SMILES string of the molecule is O=C(CCCN1C(=O)c2ccccc2C1=O)N1CCCC(Oc2ncccn2)C1. The molecule has 0 spiro atoms. The van der Waals surface area contributed by atoms with E-state index in [1.54, 1.807) is 47.6 Å². The van der Waals surface area contributed by atoms with Gasteiger partial charge in [-0.3, -0.25) is 19.3 Å². The Morgan fingerprint density at radius 2 is 1.76 bits per heavy atom. The van der Waals surface area contributed by atoms with Crippen LogP contribution >= 0.6 is 0 Å². The van der Waals surface area contributed by atoms with Crippen molar-refractivity contribution in [3.63, 3.8) is 0 Å². The molecule has 1 unspecified atom stereocenters. The summed E-state index contributed by atoms with van der Waals surface area (Å²) in [5, 5.41) is 0. The number of amides is 3. The molecule has 0 saturated carbocycles. The van der Waals surface area contributed by atoms with Gasteiger partial charge in [0.05, 0.1) is 17.7 Å². The average Bonchev–Trinajstić information content (AvgIpc) is 3.00. The van der Waals surface area contributed by atoms with E-state index in [9.17, 15) is 14.4 Å². The molecule has 0 bridgehead atoms. The van der Waals surface area contributed by atoms with E-state index in [0.29, 0.717) is 36.6 Å². The highest BCUT2D eigenvalue weighted by Crippen LogP contribution is 2.23. The Balaban J connectivity index is 1.27. The van der Waals surface area contributed by atoms with Crippen molar-refractivity contribution in [2.24, 2.45) is 0 Å². The van der Waals surface area contributed by atoms with Gasteiger partial charge in [-0.05, 0) is 37.5 Å². The number of fused-ring (bicyclic) bond motifs is 1. The van der Waals surface area contributed by atoms with Gasteiger partial charge in [-0.1, -0.05) is 12.1 Å². The van der Waals surface area contributed by atoms with Crippen LogP contribution in [-0.4, -0.2) is 63.2 Å². The number of benzene rings is 1. The van der Waals surface area contributed by atoms with E-state index in [2.05, 4.69) is 9.97 Å². The van der Waals surface area contributed by atoms with E-state index in [0.717, 1.165) is 12.8 Å². The first-order chi connectivity index (χ1) is 14.1. The molecule has 29 heavy (non-hydrogen) atoms. The number of imide groups is 1. The zero-order chi connectivity index (χ0) is 20.2. The summed E-state index contributed by atoms with van der Waals surface area (Å²) in [6.07, 6.45) is 5.52. The minimum Gasteiger partial charge on any atom is -0.458 e. The smallest absolute Gasteiger partial charge is 0.316 e. The molecule has 2 aliphatic rings. The second-order valence-corrected chi connectivity index (χ2v) is 7.16. The predicted octanol–water partition coefficient (Wildman–Crippen LogP) is 1.92. The number of carbonyl (C=O) groups is 3. The van der Waals surface area contributed by atoms with Crippen LogP contribution in [0.25, 0.3) is 0 Å². The Labute approximate surface area is 168 Å². The van der Waals surface area contributed by atoms with Gasteiger partial charge in [-0.25, -0.2) is 9.97 Å². The fourth-order valence-corrected chi connectivity index (χ4v) is 3.74. The van der Waals surface area contributed by atoms with Crippen molar-refractivity contribution in [3.05, 3.63) is 53.9 Å². The number of hydrogen-bond donors (Lipinski definition) is 0.